The summed E-state index contributed by atoms with van der Waals surface area (Å²) in [5, 5.41) is 3.53. The van der Waals surface area contributed by atoms with Crippen molar-refractivity contribution in [2.45, 2.75) is 26.3 Å². The summed E-state index contributed by atoms with van der Waals surface area (Å²) in [6.45, 7) is 5.17. The molecular formula is C15H17BrFNS. The molecule has 0 radical (unpaired) electrons. The predicted octanol–water partition coefficient (Wildman–Crippen LogP) is 5.05. The highest BCUT2D eigenvalue weighted by molar-refractivity contribution is 9.11. The van der Waals surface area contributed by atoms with Gasteiger partial charge in [-0.25, -0.2) is 4.39 Å². The van der Waals surface area contributed by atoms with Crippen LogP contribution in [0.15, 0.2) is 34.1 Å². The second kappa shape index (κ2) is 6.64. The Morgan fingerprint density at radius 1 is 1.32 bits per heavy atom. The van der Waals surface area contributed by atoms with Crippen LogP contribution >= 0.6 is 27.3 Å². The van der Waals surface area contributed by atoms with Crippen LogP contribution in [0.1, 0.15) is 35.4 Å². The van der Waals surface area contributed by atoms with Crippen molar-refractivity contribution in [3.63, 3.8) is 0 Å². The molecule has 2 aromatic rings. The highest BCUT2D eigenvalue weighted by atomic mass is 79.9. The number of hydrogen-bond acceptors (Lipinski definition) is 2. The van der Waals surface area contributed by atoms with Gasteiger partial charge < -0.3 is 5.32 Å². The number of hydrogen-bond donors (Lipinski definition) is 1. The molecule has 0 bridgehead atoms. The van der Waals surface area contributed by atoms with Crippen molar-refractivity contribution >= 4 is 27.3 Å². The van der Waals surface area contributed by atoms with Crippen LogP contribution in [-0.4, -0.2) is 6.54 Å². The fourth-order valence-electron chi connectivity index (χ4n) is 1.95. The maximum atomic E-state index is 13.0. The number of halogens is 2. The summed E-state index contributed by atoms with van der Waals surface area (Å²) in [6, 6.07) is 9.06. The molecule has 1 unspecified atom stereocenters. The van der Waals surface area contributed by atoms with Gasteiger partial charge in [-0.2, -0.15) is 0 Å². The van der Waals surface area contributed by atoms with Crippen LogP contribution < -0.4 is 5.32 Å². The number of benzene rings is 1. The van der Waals surface area contributed by atoms with Gasteiger partial charge in [-0.15, -0.1) is 11.3 Å². The Kier molecular flexibility index (Phi) is 5.13. The summed E-state index contributed by atoms with van der Waals surface area (Å²) in [4.78, 5) is 1.25. The van der Waals surface area contributed by atoms with Crippen molar-refractivity contribution < 1.29 is 4.39 Å². The molecule has 1 aromatic carbocycles. The second-order valence-electron chi connectivity index (χ2n) is 4.54. The molecule has 0 saturated heterocycles. The first-order valence-corrected chi connectivity index (χ1v) is 7.97. The first kappa shape index (κ1) is 14.7. The van der Waals surface area contributed by atoms with Crippen LogP contribution in [0.25, 0.3) is 0 Å². The lowest BCUT2D eigenvalue weighted by atomic mass is 10.0. The van der Waals surface area contributed by atoms with E-state index in [-0.39, 0.29) is 11.9 Å². The van der Waals surface area contributed by atoms with Crippen molar-refractivity contribution in [2.75, 3.05) is 6.54 Å². The molecule has 1 N–H and O–H groups in total. The Hall–Kier alpha value is -0.710. The highest BCUT2D eigenvalue weighted by Crippen LogP contribution is 2.34. The summed E-state index contributed by atoms with van der Waals surface area (Å²) in [6.07, 6.45) is 1.07. The summed E-state index contributed by atoms with van der Waals surface area (Å²) < 4.78 is 14.2. The lowest BCUT2D eigenvalue weighted by molar-refractivity contribution is 0.599. The molecule has 0 fully saturated rings. The van der Waals surface area contributed by atoms with Crippen LogP contribution in [0.4, 0.5) is 4.39 Å². The van der Waals surface area contributed by atoms with E-state index in [0.29, 0.717) is 0 Å². The quantitative estimate of drug-likeness (QED) is 0.802. The van der Waals surface area contributed by atoms with Gasteiger partial charge in [-0.3, -0.25) is 0 Å². The molecule has 0 spiro atoms. The smallest absolute Gasteiger partial charge is 0.123 e. The minimum atomic E-state index is -0.193. The first-order valence-electron chi connectivity index (χ1n) is 6.36. The Morgan fingerprint density at radius 2 is 2.00 bits per heavy atom. The Bertz CT molecular complexity index is 516. The van der Waals surface area contributed by atoms with Crippen LogP contribution in [-0.2, 0) is 0 Å². The van der Waals surface area contributed by atoms with Gasteiger partial charge in [0.05, 0.1) is 9.83 Å². The lowest BCUT2D eigenvalue weighted by Crippen LogP contribution is -2.22. The van der Waals surface area contributed by atoms with Gasteiger partial charge in [-0.05, 0) is 65.1 Å². The molecule has 0 aliphatic rings. The Morgan fingerprint density at radius 3 is 2.53 bits per heavy atom. The standard InChI is InChI=1S/C15H17BrFNS/c1-3-8-18-14(11-4-6-12(17)7-5-11)13-9-10(2)15(16)19-13/h4-7,9,14,18H,3,8H2,1-2H3. The predicted molar refractivity (Wildman–Crippen MR) is 83.3 cm³/mol. The molecule has 2 rings (SSSR count). The van der Waals surface area contributed by atoms with E-state index < -0.39 is 0 Å². The third kappa shape index (κ3) is 3.65. The zero-order valence-corrected chi connectivity index (χ0v) is 13.4. The SMILES string of the molecule is CCCNC(c1ccc(F)cc1)c1cc(C)c(Br)s1. The number of aryl methyl sites for hydroxylation is 1. The van der Waals surface area contributed by atoms with Crippen LogP contribution in [0.2, 0.25) is 0 Å². The molecule has 0 aliphatic carbocycles. The zero-order chi connectivity index (χ0) is 13.8. The largest absolute Gasteiger partial charge is 0.306 e. The second-order valence-corrected chi connectivity index (χ2v) is 6.95. The third-order valence-electron chi connectivity index (χ3n) is 2.96. The number of nitrogens with one attached hydrogen (secondary N) is 1. The van der Waals surface area contributed by atoms with Crippen molar-refractivity contribution in [1.82, 2.24) is 5.32 Å². The molecule has 0 amide bonds. The van der Waals surface area contributed by atoms with Crippen LogP contribution in [0.3, 0.4) is 0 Å². The summed E-state index contributed by atoms with van der Waals surface area (Å²) in [5.41, 5.74) is 2.34. The molecule has 1 heterocycles. The van der Waals surface area contributed by atoms with E-state index in [4.69, 9.17) is 0 Å². The van der Waals surface area contributed by atoms with Crippen molar-refractivity contribution in [2.24, 2.45) is 0 Å². The normalized spacial score (nSPS) is 12.6. The van der Waals surface area contributed by atoms with E-state index in [1.54, 1.807) is 11.3 Å². The third-order valence-corrected chi connectivity index (χ3v) is 5.16. The molecule has 102 valence electrons. The van der Waals surface area contributed by atoms with Gasteiger partial charge in [0.15, 0.2) is 0 Å². The van der Waals surface area contributed by atoms with Crippen molar-refractivity contribution in [1.29, 1.82) is 0 Å². The average Bonchev–Trinajstić information content (AvgIpc) is 2.72. The fourth-order valence-corrected chi connectivity index (χ4v) is 3.63. The molecule has 0 saturated carbocycles. The number of thiophene rings is 1. The topological polar surface area (TPSA) is 12.0 Å². The van der Waals surface area contributed by atoms with E-state index in [1.807, 2.05) is 12.1 Å². The molecule has 1 aromatic heterocycles. The monoisotopic (exact) mass is 341 g/mol. The first-order chi connectivity index (χ1) is 9.11. The average molecular weight is 342 g/mol. The van der Waals surface area contributed by atoms with E-state index >= 15 is 0 Å². The zero-order valence-electron chi connectivity index (χ0n) is 11.0. The summed E-state index contributed by atoms with van der Waals surface area (Å²) >= 11 is 5.30. The maximum Gasteiger partial charge on any atom is 0.123 e. The van der Waals surface area contributed by atoms with Crippen molar-refractivity contribution in [3.8, 4) is 0 Å². The summed E-state index contributed by atoms with van der Waals surface area (Å²) in [5.74, 6) is -0.193. The van der Waals surface area contributed by atoms with Gasteiger partial charge in [0.25, 0.3) is 0 Å². The van der Waals surface area contributed by atoms with Gasteiger partial charge in [-0.1, -0.05) is 19.1 Å². The minimum absolute atomic E-state index is 0.135. The molecule has 19 heavy (non-hydrogen) atoms. The van der Waals surface area contributed by atoms with E-state index in [0.717, 1.165) is 22.3 Å². The molecular weight excluding hydrogens is 325 g/mol. The van der Waals surface area contributed by atoms with Crippen LogP contribution in [0.5, 0.6) is 0 Å². The van der Waals surface area contributed by atoms with Crippen molar-refractivity contribution in [3.05, 3.63) is 55.9 Å². The van der Waals surface area contributed by atoms with E-state index in [2.05, 4.69) is 41.2 Å². The number of rotatable bonds is 5. The van der Waals surface area contributed by atoms with Gasteiger partial charge in [0.1, 0.15) is 5.82 Å². The molecule has 1 atom stereocenters. The molecule has 0 aliphatic heterocycles. The minimum Gasteiger partial charge on any atom is -0.306 e. The molecule has 1 nitrogen and oxygen atoms in total. The molecule has 4 heteroatoms. The fraction of sp³-hybridized carbons (Fsp3) is 0.333. The lowest BCUT2D eigenvalue weighted by Gasteiger charge is -2.17. The Labute approximate surface area is 126 Å². The Balaban J connectivity index is 2.32. The summed E-state index contributed by atoms with van der Waals surface area (Å²) in [7, 11) is 0. The van der Waals surface area contributed by atoms with Crippen LogP contribution in [0, 0.1) is 12.7 Å². The van der Waals surface area contributed by atoms with Gasteiger partial charge in [0.2, 0.25) is 0 Å². The van der Waals surface area contributed by atoms with Gasteiger partial charge in [0, 0.05) is 4.88 Å². The van der Waals surface area contributed by atoms with Gasteiger partial charge >= 0.3 is 0 Å². The maximum absolute atomic E-state index is 13.0. The van der Waals surface area contributed by atoms with E-state index in [9.17, 15) is 4.39 Å². The van der Waals surface area contributed by atoms with E-state index in [1.165, 1.54) is 22.6 Å². The highest BCUT2D eigenvalue weighted by Gasteiger charge is 2.16.